The third-order valence-electron chi connectivity index (χ3n) is 2.67. The first-order valence-corrected chi connectivity index (χ1v) is 6.90. The Kier molecular flexibility index (Phi) is 3.86. The third kappa shape index (κ3) is 2.54. The van der Waals surface area contributed by atoms with Gasteiger partial charge in [-0.05, 0) is 24.3 Å². The zero-order chi connectivity index (χ0) is 12.4. The fraction of sp³-hybridized carbons (Fsp3) is 0.417. The van der Waals surface area contributed by atoms with Crippen molar-refractivity contribution in [2.24, 2.45) is 5.73 Å². The van der Waals surface area contributed by atoms with Crippen molar-refractivity contribution < 1.29 is 0 Å². The molecule has 92 valence electrons. The highest BCUT2D eigenvalue weighted by atomic mass is 35.5. The van der Waals surface area contributed by atoms with E-state index < -0.39 is 0 Å². The van der Waals surface area contributed by atoms with Gasteiger partial charge in [-0.25, -0.2) is 0 Å². The molecule has 0 saturated heterocycles. The average Bonchev–Trinajstić information content (AvgIpc) is 2.88. The summed E-state index contributed by atoms with van der Waals surface area (Å²) in [6.07, 6.45) is 4.89. The molecular formula is C12H16ClN3S. The Bertz CT molecular complexity index is 504. The van der Waals surface area contributed by atoms with Gasteiger partial charge in [0.15, 0.2) is 0 Å². The van der Waals surface area contributed by atoms with E-state index >= 15 is 0 Å². The maximum atomic E-state index is 6.22. The quantitative estimate of drug-likeness (QED) is 0.925. The van der Waals surface area contributed by atoms with E-state index in [1.54, 1.807) is 11.3 Å². The molecule has 5 heteroatoms. The van der Waals surface area contributed by atoms with Gasteiger partial charge < -0.3 is 5.73 Å². The van der Waals surface area contributed by atoms with Gasteiger partial charge in [0.05, 0.1) is 17.3 Å². The summed E-state index contributed by atoms with van der Waals surface area (Å²) in [5.41, 5.74) is 8.31. The van der Waals surface area contributed by atoms with E-state index in [0.29, 0.717) is 0 Å². The first-order chi connectivity index (χ1) is 8.13. The minimum Gasteiger partial charge on any atom is -0.319 e. The van der Waals surface area contributed by atoms with Gasteiger partial charge in [-0.2, -0.15) is 5.10 Å². The molecule has 0 saturated carbocycles. The van der Waals surface area contributed by atoms with Crippen molar-refractivity contribution in [1.82, 2.24) is 9.78 Å². The van der Waals surface area contributed by atoms with Crippen molar-refractivity contribution in [3.8, 4) is 0 Å². The lowest BCUT2D eigenvalue weighted by molar-refractivity contribution is 0.602. The average molecular weight is 270 g/mol. The van der Waals surface area contributed by atoms with Gasteiger partial charge in [0.2, 0.25) is 0 Å². The zero-order valence-electron chi connectivity index (χ0n) is 9.98. The molecule has 0 amide bonds. The Morgan fingerprint density at radius 2 is 2.35 bits per heavy atom. The van der Waals surface area contributed by atoms with E-state index in [1.165, 1.54) is 0 Å². The molecule has 17 heavy (non-hydrogen) atoms. The summed E-state index contributed by atoms with van der Waals surface area (Å²) in [4.78, 5) is 1.01. The summed E-state index contributed by atoms with van der Waals surface area (Å²) >= 11 is 7.83. The molecule has 1 atom stereocenters. The van der Waals surface area contributed by atoms with Crippen LogP contribution in [0.5, 0.6) is 0 Å². The molecule has 3 nitrogen and oxygen atoms in total. The predicted octanol–water partition coefficient (Wildman–Crippen LogP) is 3.36. The molecule has 0 spiro atoms. The molecule has 0 radical (unpaired) electrons. The summed E-state index contributed by atoms with van der Waals surface area (Å²) in [6, 6.07) is -0.174. The van der Waals surface area contributed by atoms with E-state index in [4.69, 9.17) is 17.3 Å². The minimum atomic E-state index is -0.174. The smallest absolute Gasteiger partial charge is 0.0692 e. The van der Waals surface area contributed by atoms with Gasteiger partial charge in [-0.3, -0.25) is 4.68 Å². The summed E-state index contributed by atoms with van der Waals surface area (Å²) in [5.74, 6) is 0. The number of aromatic nitrogens is 2. The Labute approximate surface area is 110 Å². The summed E-state index contributed by atoms with van der Waals surface area (Å²) < 4.78 is 1.92. The largest absolute Gasteiger partial charge is 0.319 e. The molecule has 0 aliphatic rings. The van der Waals surface area contributed by atoms with Crippen LogP contribution < -0.4 is 5.73 Å². The number of hydrogen-bond acceptors (Lipinski definition) is 3. The standard InChI is InChI=1S/C12H16ClN3S/c1-3-4-16-6-9(5-15-16)11(14)12-10(13)8(2)7-17-12/h5-7,11H,3-4,14H2,1-2H3. The number of nitrogens with two attached hydrogens (primary N) is 1. The molecular weight excluding hydrogens is 254 g/mol. The van der Waals surface area contributed by atoms with Crippen LogP contribution in [0.1, 0.15) is 35.4 Å². The molecule has 0 aliphatic carbocycles. The molecule has 0 fully saturated rings. The van der Waals surface area contributed by atoms with E-state index in [2.05, 4.69) is 12.0 Å². The van der Waals surface area contributed by atoms with Crippen molar-refractivity contribution >= 4 is 22.9 Å². The van der Waals surface area contributed by atoms with Crippen molar-refractivity contribution in [3.63, 3.8) is 0 Å². The zero-order valence-corrected chi connectivity index (χ0v) is 11.6. The Morgan fingerprint density at radius 3 is 2.94 bits per heavy atom. The molecule has 0 bridgehead atoms. The summed E-state index contributed by atoms with van der Waals surface area (Å²) in [5, 5.41) is 7.11. The molecule has 2 heterocycles. The van der Waals surface area contributed by atoms with Crippen LogP contribution >= 0.6 is 22.9 Å². The Hall–Kier alpha value is -0.840. The maximum Gasteiger partial charge on any atom is 0.0692 e. The fourth-order valence-electron chi connectivity index (χ4n) is 1.70. The SMILES string of the molecule is CCCn1cc(C(N)c2scc(C)c2Cl)cn1. The van der Waals surface area contributed by atoms with Gasteiger partial charge in [-0.1, -0.05) is 18.5 Å². The van der Waals surface area contributed by atoms with Gasteiger partial charge in [0, 0.05) is 23.2 Å². The highest BCUT2D eigenvalue weighted by Gasteiger charge is 2.17. The molecule has 2 rings (SSSR count). The van der Waals surface area contributed by atoms with Crippen LogP contribution in [-0.4, -0.2) is 9.78 Å². The van der Waals surface area contributed by atoms with Gasteiger partial charge in [-0.15, -0.1) is 11.3 Å². The molecule has 2 aromatic rings. The molecule has 1 unspecified atom stereocenters. The second kappa shape index (κ2) is 5.21. The lowest BCUT2D eigenvalue weighted by atomic mass is 10.1. The monoisotopic (exact) mass is 269 g/mol. The highest BCUT2D eigenvalue weighted by Crippen LogP contribution is 2.34. The molecule has 0 aliphatic heterocycles. The van der Waals surface area contributed by atoms with Crippen LogP contribution in [0.25, 0.3) is 0 Å². The lowest BCUT2D eigenvalue weighted by Gasteiger charge is -2.07. The number of aryl methyl sites for hydroxylation is 2. The second-order valence-corrected chi connectivity index (χ2v) is 5.40. The van der Waals surface area contributed by atoms with Gasteiger partial charge >= 0.3 is 0 Å². The van der Waals surface area contributed by atoms with E-state index in [0.717, 1.165) is 34.0 Å². The number of hydrogen-bond donors (Lipinski definition) is 1. The first-order valence-electron chi connectivity index (χ1n) is 5.65. The van der Waals surface area contributed by atoms with E-state index in [1.807, 2.05) is 29.4 Å². The van der Waals surface area contributed by atoms with Crippen LogP contribution in [0.2, 0.25) is 5.02 Å². The van der Waals surface area contributed by atoms with Crippen LogP contribution in [-0.2, 0) is 6.54 Å². The van der Waals surface area contributed by atoms with Crippen molar-refractivity contribution in [2.45, 2.75) is 32.9 Å². The number of halogens is 1. The number of rotatable bonds is 4. The van der Waals surface area contributed by atoms with Crippen molar-refractivity contribution in [3.05, 3.63) is 38.8 Å². The van der Waals surface area contributed by atoms with Gasteiger partial charge in [0.1, 0.15) is 0 Å². The van der Waals surface area contributed by atoms with Crippen molar-refractivity contribution in [1.29, 1.82) is 0 Å². The minimum absolute atomic E-state index is 0.174. The van der Waals surface area contributed by atoms with Crippen LogP contribution in [0.15, 0.2) is 17.8 Å². The van der Waals surface area contributed by atoms with E-state index in [-0.39, 0.29) is 6.04 Å². The highest BCUT2D eigenvalue weighted by molar-refractivity contribution is 7.10. The third-order valence-corrected chi connectivity index (χ3v) is 4.47. The normalized spacial score (nSPS) is 12.9. The van der Waals surface area contributed by atoms with Gasteiger partial charge in [0.25, 0.3) is 0 Å². The van der Waals surface area contributed by atoms with Crippen molar-refractivity contribution in [2.75, 3.05) is 0 Å². The first kappa shape index (κ1) is 12.6. The Balaban J connectivity index is 2.24. The topological polar surface area (TPSA) is 43.8 Å². The maximum absolute atomic E-state index is 6.22. The molecule has 2 N–H and O–H groups in total. The van der Waals surface area contributed by atoms with E-state index in [9.17, 15) is 0 Å². The predicted molar refractivity (Wildman–Crippen MR) is 72.6 cm³/mol. The van der Waals surface area contributed by atoms with Crippen LogP contribution in [0.3, 0.4) is 0 Å². The molecule has 0 aromatic carbocycles. The second-order valence-electron chi connectivity index (χ2n) is 4.11. The number of nitrogens with zero attached hydrogens (tertiary/aromatic N) is 2. The van der Waals surface area contributed by atoms with Crippen LogP contribution in [0.4, 0.5) is 0 Å². The summed E-state index contributed by atoms with van der Waals surface area (Å²) in [6.45, 7) is 5.04. The summed E-state index contributed by atoms with van der Waals surface area (Å²) in [7, 11) is 0. The fourth-order valence-corrected chi connectivity index (χ4v) is 3.04. The molecule has 2 aromatic heterocycles. The van der Waals surface area contributed by atoms with Crippen LogP contribution in [0, 0.1) is 6.92 Å². The number of thiophene rings is 1. The lowest BCUT2D eigenvalue weighted by Crippen LogP contribution is -2.10. The Morgan fingerprint density at radius 1 is 1.59 bits per heavy atom.